The lowest BCUT2D eigenvalue weighted by atomic mass is 10.1. The third kappa shape index (κ3) is 7.22. The van der Waals surface area contributed by atoms with Crippen molar-refractivity contribution in [1.82, 2.24) is 10.6 Å². The Balaban J connectivity index is 1.37. The molecule has 1 aliphatic rings. The minimum absolute atomic E-state index is 0.0777. The van der Waals surface area contributed by atoms with Gasteiger partial charge in [-0.15, -0.1) is 0 Å². The van der Waals surface area contributed by atoms with Gasteiger partial charge in [0.2, 0.25) is 0 Å². The number of rotatable bonds is 9. The molecule has 0 spiro atoms. The van der Waals surface area contributed by atoms with E-state index in [4.69, 9.17) is 9.47 Å². The van der Waals surface area contributed by atoms with Gasteiger partial charge in [-0.05, 0) is 36.6 Å². The highest BCUT2D eigenvalue weighted by Crippen LogP contribution is 2.21. The molecule has 1 aliphatic heterocycles. The molecule has 0 aromatic heterocycles. The number of morpholine rings is 1. The van der Waals surface area contributed by atoms with Gasteiger partial charge < -0.3 is 25.0 Å². The van der Waals surface area contributed by atoms with E-state index < -0.39 is 0 Å². The van der Waals surface area contributed by atoms with Crippen LogP contribution in [0.4, 0.5) is 10.1 Å². The second-order valence-electron chi connectivity index (χ2n) is 7.51. The topological polar surface area (TPSA) is 58.1 Å². The van der Waals surface area contributed by atoms with E-state index in [-0.39, 0.29) is 11.9 Å². The lowest BCUT2D eigenvalue weighted by Crippen LogP contribution is -2.38. The standard InChI is InChI=1S/C24H33FN4O2/c1-19(21-7-4-3-5-8-21)31-14-6-11-27-24(26-2)28-18-20-9-10-23(22(25)17-20)29-12-15-30-16-13-29/h3-5,7-10,17,19H,6,11-16,18H2,1-2H3,(H2,26,27,28). The Morgan fingerprint density at radius 2 is 1.94 bits per heavy atom. The molecule has 0 radical (unpaired) electrons. The van der Waals surface area contributed by atoms with Crippen LogP contribution in [-0.4, -0.2) is 52.5 Å². The molecule has 31 heavy (non-hydrogen) atoms. The van der Waals surface area contributed by atoms with Crippen molar-refractivity contribution in [2.24, 2.45) is 4.99 Å². The van der Waals surface area contributed by atoms with E-state index in [2.05, 4.69) is 34.7 Å². The summed E-state index contributed by atoms with van der Waals surface area (Å²) < 4.78 is 25.8. The molecule has 1 unspecified atom stereocenters. The van der Waals surface area contributed by atoms with Crippen molar-refractivity contribution in [3.05, 3.63) is 65.5 Å². The fourth-order valence-corrected chi connectivity index (χ4v) is 3.49. The fourth-order valence-electron chi connectivity index (χ4n) is 3.49. The van der Waals surface area contributed by atoms with Gasteiger partial charge in [0.25, 0.3) is 0 Å². The first-order valence-corrected chi connectivity index (χ1v) is 10.9. The highest BCUT2D eigenvalue weighted by atomic mass is 19.1. The average Bonchev–Trinajstić information content (AvgIpc) is 2.82. The number of anilines is 1. The maximum Gasteiger partial charge on any atom is 0.191 e. The number of benzene rings is 2. The van der Waals surface area contributed by atoms with Gasteiger partial charge in [0, 0.05) is 39.8 Å². The smallest absolute Gasteiger partial charge is 0.191 e. The van der Waals surface area contributed by atoms with Crippen LogP contribution < -0.4 is 15.5 Å². The summed E-state index contributed by atoms with van der Waals surface area (Å²) in [6, 6.07) is 15.6. The third-order valence-electron chi connectivity index (χ3n) is 5.30. The normalized spacial score (nSPS) is 15.6. The Hall–Kier alpha value is -2.64. The number of guanidine groups is 1. The van der Waals surface area contributed by atoms with Gasteiger partial charge in [-0.1, -0.05) is 36.4 Å². The van der Waals surface area contributed by atoms with Gasteiger partial charge in [-0.2, -0.15) is 0 Å². The molecular weight excluding hydrogens is 395 g/mol. The van der Waals surface area contributed by atoms with Gasteiger partial charge in [-0.25, -0.2) is 4.39 Å². The predicted molar refractivity (Wildman–Crippen MR) is 123 cm³/mol. The summed E-state index contributed by atoms with van der Waals surface area (Å²) in [6.07, 6.45) is 0.940. The van der Waals surface area contributed by atoms with E-state index >= 15 is 0 Å². The van der Waals surface area contributed by atoms with Crippen molar-refractivity contribution in [2.45, 2.75) is 26.0 Å². The molecule has 0 aliphatic carbocycles. The quantitative estimate of drug-likeness (QED) is 0.364. The molecule has 2 aromatic rings. The summed E-state index contributed by atoms with van der Waals surface area (Å²) in [7, 11) is 1.73. The molecular formula is C24H33FN4O2. The number of hydrogen-bond donors (Lipinski definition) is 2. The van der Waals surface area contributed by atoms with E-state index in [1.165, 1.54) is 5.56 Å². The van der Waals surface area contributed by atoms with Gasteiger partial charge in [0.15, 0.2) is 5.96 Å². The molecule has 2 N–H and O–H groups in total. The molecule has 168 valence electrons. The molecule has 1 saturated heterocycles. The average molecular weight is 429 g/mol. The van der Waals surface area contributed by atoms with Gasteiger partial charge >= 0.3 is 0 Å². The Bertz CT molecular complexity index is 826. The highest BCUT2D eigenvalue weighted by molar-refractivity contribution is 5.79. The summed E-state index contributed by atoms with van der Waals surface area (Å²) in [5.41, 5.74) is 2.69. The van der Waals surface area contributed by atoms with E-state index in [0.29, 0.717) is 38.0 Å². The van der Waals surface area contributed by atoms with Crippen molar-refractivity contribution in [2.75, 3.05) is 51.4 Å². The lowest BCUT2D eigenvalue weighted by Gasteiger charge is -2.29. The number of aliphatic imine (C=N–C) groups is 1. The van der Waals surface area contributed by atoms with E-state index in [1.807, 2.05) is 35.2 Å². The van der Waals surface area contributed by atoms with Crippen LogP contribution in [0.25, 0.3) is 0 Å². The maximum absolute atomic E-state index is 14.5. The lowest BCUT2D eigenvalue weighted by molar-refractivity contribution is 0.0646. The molecule has 0 amide bonds. The highest BCUT2D eigenvalue weighted by Gasteiger charge is 2.15. The molecule has 1 fully saturated rings. The Morgan fingerprint density at radius 1 is 1.16 bits per heavy atom. The van der Waals surface area contributed by atoms with Crippen molar-refractivity contribution in [1.29, 1.82) is 0 Å². The second kappa shape index (κ2) is 12.3. The zero-order valence-electron chi connectivity index (χ0n) is 18.4. The number of hydrogen-bond acceptors (Lipinski definition) is 4. The third-order valence-corrected chi connectivity index (χ3v) is 5.30. The van der Waals surface area contributed by atoms with Crippen molar-refractivity contribution >= 4 is 11.6 Å². The number of halogens is 1. The van der Waals surface area contributed by atoms with Gasteiger partial charge in [0.1, 0.15) is 5.82 Å². The zero-order chi connectivity index (χ0) is 21.9. The number of ether oxygens (including phenoxy) is 2. The first-order chi connectivity index (χ1) is 15.2. The second-order valence-corrected chi connectivity index (χ2v) is 7.51. The monoisotopic (exact) mass is 428 g/mol. The van der Waals surface area contributed by atoms with E-state index in [1.54, 1.807) is 13.1 Å². The van der Waals surface area contributed by atoms with E-state index in [0.717, 1.165) is 31.6 Å². The summed E-state index contributed by atoms with van der Waals surface area (Å²) >= 11 is 0. The minimum atomic E-state index is -0.200. The van der Waals surface area contributed by atoms with E-state index in [9.17, 15) is 4.39 Å². The maximum atomic E-state index is 14.5. The molecule has 1 atom stereocenters. The van der Waals surface area contributed by atoms with Crippen LogP contribution in [0.5, 0.6) is 0 Å². The van der Waals surface area contributed by atoms with Crippen LogP contribution in [-0.2, 0) is 16.0 Å². The van der Waals surface area contributed by atoms with Crippen LogP contribution in [0.1, 0.15) is 30.6 Å². The van der Waals surface area contributed by atoms with Crippen molar-refractivity contribution in [3.63, 3.8) is 0 Å². The Labute approximate surface area is 184 Å². The number of nitrogens with one attached hydrogen (secondary N) is 2. The molecule has 6 nitrogen and oxygen atoms in total. The summed E-state index contributed by atoms with van der Waals surface area (Å²) in [6.45, 7) is 6.69. The summed E-state index contributed by atoms with van der Waals surface area (Å²) in [5.74, 6) is 0.489. The molecule has 0 saturated carbocycles. The SMILES string of the molecule is CN=C(NCCCOC(C)c1ccccc1)NCc1ccc(N2CCOCC2)c(F)c1. The molecule has 1 heterocycles. The first-order valence-electron chi connectivity index (χ1n) is 10.9. The molecule has 2 aromatic carbocycles. The van der Waals surface area contributed by atoms with Crippen LogP contribution in [0.2, 0.25) is 0 Å². The van der Waals surface area contributed by atoms with Crippen LogP contribution >= 0.6 is 0 Å². The fraction of sp³-hybridized carbons (Fsp3) is 0.458. The van der Waals surface area contributed by atoms with Crippen LogP contribution in [0.3, 0.4) is 0 Å². The Kier molecular flexibility index (Phi) is 9.12. The molecule has 7 heteroatoms. The molecule has 0 bridgehead atoms. The van der Waals surface area contributed by atoms with Crippen molar-refractivity contribution < 1.29 is 13.9 Å². The van der Waals surface area contributed by atoms with Crippen molar-refractivity contribution in [3.8, 4) is 0 Å². The predicted octanol–water partition coefficient (Wildman–Crippen LogP) is 3.50. The molecule has 3 rings (SSSR count). The summed E-state index contributed by atoms with van der Waals surface area (Å²) in [5, 5.41) is 6.51. The zero-order valence-corrected chi connectivity index (χ0v) is 18.4. The summed E-state index contributed by atoms with van der Waals surface area (Å²) in [4.78, 5) is 6.26. The number of nitrogens with zero attached hydrogens (tertiary/aromatic N) is 2. The Morgan fingerprint density at radius 3 is 2.65 bits per heavy atom. The van der Waals surface area contributed by atoms with Crippen LogP contribution in [0.15, 0.2) is 53.5 Å². The first kappa shape index (κ1) is 23.0. The minimum Gasteiger partial charge on any atom is -0.378 e. The van der Waals surface area contributed by atoms with Gasteiger partial charge in [0.05, 0.1) is 25.0 Å². The van der Waals surface area contributed by atoms with Gasteiger partial charge in [-0.3, -0.25) is 4.99 Å². The largest absolute Gasteiger partial charge is 0.378 e. The van der Waals surface area contributed by atoms with Crippen LogP contribution in [0, 0.1) is 5.82 Å².